The second-order valence-electron chi connectivity index (χ2n) is 5.06. The fourth-order valence-electron chi connectivity index (χ4n) is 1.72. The van der Waals surface area contributed by atoms with E-state index >= 15 is 0 Å². The Balaban J connectivity index is 2.23. The summed E-state index contributed by atoms with van der Waals surface area (Å²) in [7, 11) is 0. The lowest BCUT2D eigenvalue weighted by Gasteiger charge is -2.15. The van der Waals surface area contributed by atoms with Crippen molar-refractivity contribution in [3.63, 3.8) is 0 Å². The van der Waals surface area contributed by atoms with Crippen molar-refractivity contribution < 1.29 is 4.74 Å². The molecule has 2 heteroatoms. The molecule has 0 amide bonds. The van der Waals surface area contributed by atoms with Gasteiger partial charge in [0.2, 0.25) is 0 Å². The van der Waals surface area contributed by atoms with Gasteiger partial charge in [-0.1, -0.05) is 43.7 Å². The van der Waals surface area contributed by atoms with Gasteiger partial charge >= 0.3 is 0 Å². The Hall–Kier alpha value is -0.860. The van der Waals surface area contributed by atoms with Gasteiger partial charge in [0.05, 0.1) is 6.61 Å². The van der Waals surface area contributed by atoms with Crippen LogP contribution in [0.4, 0.5) is 0 Å². The Kier molecular flexibility index (Phi) is 6.23. The van der Waals surface area contributed by atoms with Crippen LogP contribution >= 0.6 is 0 Å². The molecule has 1 unspecified atom stereocenters. The van der Waals surface area contributed by atoms with E-state index in [0.29, 0.717) is 12.0 Å². The van der Waals surface area contributed by atoms with Crippen LogP contribution in [0, 0.1) is 12.8 Å². The monoisotopic (exact) mass is 235 g/mol. The van der Waals surface area contributed by atoms with Crippen LogP contribution in [0.1, 0.15) is 37.9 Å². The number of rotatable bonds is 7. The molecule has 0 radical (unpaired) electrons. The van der Waals surface area contributed by atoms with Crippen LogP contribution in [0.25, 0.3) is 0 Å². The molecule has 0 saturated heterocycles. The maximum absolute atomic E-state index is 5.54. The highest BCUT2D eigenvalue weighted by Crippen LogP contribution is 2.13. The molecule has 0 aliphatic heterocycles. The zero-order chi connectivity index (χ0) is 12.7. The van der Waals surface area contributed by atoms with Crippen molar-refractivity contribution in [3.8, 4) is 0 Å². The Morgan fingerprint density at radius 1 is 1.24 bits per heavy atom. The van der Waals surface area contributed by atoms with E-state index in [9.17, 15) is 0 Å². The summed E-state index contributed by atoms with van der Waals surface area (Å²) in [4.78, 5) is 0. The van der Waals surface area contributed by atoms with Gasteiger partial charge in [-0.25, -0.2) is 0 Å². The normalized spacial score (nSPS) is 13.0. The first-order chi connectivity index (χ1) is 8.09. The van der Waals surface area contributed by atoms with Crippen LogP contribution < -0.4 is 5.32 Å². The van der Waals surface area contributed by atoms with Gasteiger partial charge in [0.25, 0.3) is 0 Å². The number of ether oxygens (including phenoxy) is 1. The number of nitrogens with one attached hydrogen (secondary N) is 1. The highest BCUT2D eigenvalue weighted by Gasteiger charge is 2.03. The third-order valence-corrected chi connectivity index (χ3v) is 2.69. The van der Waals surface area contributed by atoms with E-state index < -0.39 is 0 Å². The molecule has 1 rings (SSSR count). The average molecular weight is 235 g/mol. The molecule has 0 heterocycles. The molecule has 1 aromatic rings. The maximum atomic E-state index is 5.54. The molecule has 0 aliphatic carbocycles. The third-order valence-electron chi connectivity index (χ3n) is 2.69. The van der Waals surface area contributed by atoms with Crippen LogP contribution in [-0.2, 0) is 4.74 Å². The number of aryl methyl sites for hydroxylation is 1. The molecule has 0 aliphatic rings. The van der Waals surface area contributed by atoms with Crippen LogP contribution in [0.2, 0.25) is 0 Å². The summed E-state index contributed by atoms with van der Waals surface area (Å²) in [5, 5.41) is 3.47. The minimum atomic E-state index is 0.387. The van der Waals surface area contributed by atoms with E-state index in [2.05, 4.69) is 57.3 Å². The predicted molar refractivity (Wildman–Crippen MR) is 73.3 cm³/mol. The van der Waals surface area contributed by atoms with Crippen molar-refractivity contribution in [3.05, 3.63) is 35.4 Å². The zero-order valence-corrected chi connectivity index (χ0v) is 11.5. The quantitative estimate of drug-likeness (QED) is 0.732. The molecule has 0 fully saturated rings. The minimum Gasteiger partial charge on any atom is -0.380 e. The highest BCUT2D eigenvalue weighted by atomic mass is 16.5. The van der Waals surface area contributed by atoms with E-state index in [1.54, 1.807) is 0 Å². The van der Waals surface area contributed by atoms with E-state index in [4.69, 9.17) is 4.74 Å². The lowest BCUT2D eigenvalue weighted by atomic mass is 10.1. The fraction of sp³-hybridized carbons (Fsp3) is 0.600. The smallest absolute Gasteiger partial charge is 0.0591 e. The summed E-state index contributed by atoms with van der Waals surface area (Å²) in [6.07, 6.45) is 0. The highest BCUT2D eigenvalue weighted by molar-refractivity contribution is 5.24. The van der Waals surface area contributed by atoms with Gasteiger partial charge in [-0.15, -0.1) is 0 Å². The van der Waals surface area contributed by atoms with E-state index in [-0.39, 0.29) is 0 Å². The van der Waals surface area contributed by atoms with Crippen LogP contribution in [0.15, 0.2) is 24.3 Å². The molecule has 1 N–H and O–H groups in total. The number of hydrogen-bond donors (Lipinski definition) is 1. The molecular weight excluding hydrogens is 210 g/mol. The lowest BCUT2D eigenvalue weighted by molar-refractivity contribution is 0.110. The molecule has 96 valence electrons. The first-order valence-corrected chi connectivity index (χ1v) is 6.47. The van der Waals surface area contributed by atoms with Gasteiger partial charge in [-0.3, -0.25) is 0 Å². The molecular formula is C15H25NO. The maximum Gasteiger partial charge on any atom is 0.0591 e. The predicted octanol–water partition coefficient (Wildman–Crippen LogP) is 3.32. The summed E-state index contributed by atoms with van der Waals surface area (Å²) in [5.74, 6) is 0.615. The molecule has 0 spiro atoms. The summed E-state index contributed by atoms with van der Waals surface area (Å²) >= 11 is 0. The first kappa shape index (κ1) is 14.2. The summed E-state index contributed by atoms with van der Waals surface area (Å²) in [6.45, 7) is 11.2. The van der Waals surface area contributed by atoms with Crippen molar-refractivity contribution in [1.82, 2.24) is 5.32 Å². The van der Waals surface area contributed by atoms with Gasteiger partial charge in [0.1, 0.15) is 0 Å². The van der Waals surface area contributed by atoms with Crippen LogP contribution in [0.5, 0.6) is 0 Å². The fourth-order valence-corrected chi connectivity index (χ4v) is 1.72. The number of hydrogen-bond acceptors (Lipinski definition) is 2. The van der Waals surface area contributed by atoms with E-state index in [0.717, 1.165) is 19.8 Å². The second kappa shape index (κ2) is 7.46. The Labute approximate surface area is 105 Å². The Morgan fingerprint density at radius 2 is 2.00 bits per heavy atom. The summed E-state index contributed by atoms with van der Waals surface area (Å²) in [6, 6.07) is 9.02. The Bertz CT molecular complexity index is 322. The van der Waals surface area contributed by atoms with E-state index in [1.165, 1.54) is 11.1 Å². The minimum absolute atomic E-state index is 0.387. The van der Waals surface area contributed by atoms with Crippen molar-refractivity contribution in [2.45, 2.75) is 33.7 Å². The summed E-state index contributed by atoms with van der Waals surface area (Å²) in [5.41, 5.74) is 2.65. The summed E-state index contributed by atoms with van der Waals surface area (Å²) < 4.78 is 5.54. The molecule has 0 aromatic heterocycles. The average Bonchev–Trinajstić information content (AvgIpc) is 2.28. The van der Waals surface area contributed by atoms with Crippen molar-refractivity contribution in [2.75, 3.05) is 19.8 Å². The zero-order valence-electron chi connectivity index (χ0n) is 11.5. The molecule has 0 saturated carbocycles. The lowest BCUT2D eigenvalue weighted by Crippen LogP contribution is -2.24. The van der Waals surface area contributed by atoms with Crippen LogP contribution in [0.3, 0.4) is 0 Å². The topological polar surface area (TPSA) is 21.3 Å². The van der Waals surface area contributed by atoms with Gasteiger partial charge in [0, 0.05) is 19.2 Å². The van der Waals surface area contributed by atoms with Gasteiger partial charge in [-0.05, 0) is 25.3 Å². The first-order valence-electron chi connectivity index (χ1n) is 6.47. The Morgan fingerprint density at radius 3 is 2.65 bits per heavy atom. The number of benzene rings is 1. The molecule has 1 atom stereocenters. The van der Waals surface area contributed by atoms with Gasteiger partial charge < -0.3 is 10.1 Å². The van der Waals surface area contributed by atoms with Gasteiger partial charge in [-0.2, -0.15) is 0 Å². The molecule has 1 aromatic carbocycles. The largest absolute Gasteiger partial charge is 0.380 e. The second-order valence-corrected chi connectivity index (χ2v) is 5.06. The van der Waals surface area contributed by atoms with Crippen LogP contribution in [-0.4, -0.2) is 19.8 Å². The van der Waals surface area contributed by atoms with Crippen molar-refractivity contribution in [2.24, 2.45) is 5.92 Å². The van der Waals surface area contributed by atoms with E-state index in [1.807, 2.05) is 0 Å². The van der Waals surface area contributed by atoms with Crippen molar-refractivity contribution >= 4 is 0 Å². The molecule has 17 heavy (non-hydrogen) atoms. The molecule has 0 bridgehead atoms. The third kappa shape index (κ3) is 5.85. The standard InChI is InChI=1S/C15H25NO/c1-12(2)11-17-9-8-16-14(4)15-7-5-6-13(3)10-15/h5-7,10,12,14,16H,8-9,11H2,1-4H3. The van der Waals surface area contributed by atoms with Gasteiger partial charge in [0.15, 0.2) is 0 Å². The SMILES string of the molecule is Cc1cccc(C(C)NCCOCC(C)C)c1. The molecule has 2 nitrogen and oxygen atoms in total. The van der Waals surface area contributed by atoms with Crippen molar-refractivity contribution in [1.29, 1.82) is 0 Å².